The summed E-state index contributed by atoms with van der Waals surface area (Å²) in [6.45, 7) is 0. The number of halogens is 5. The maximum Gasteiger partial charge on any atom is 0.573 e. The summed E-state index contributed by atoms with van der Waals surface area (Å²) in [5.41, 5.74) is 0.638. The molecule has 0 aliphatic carbocycles. The van der Waals surface area contributed by atoms with Gasteiger partial charge in [0.1, 0.15) is 5.75 Å². The normalized spacial score (nSPS) is 11.4. The van der Waals surface area contributed by atoms with Gasteiger partial charge in [-0.15, -0.1) is 13.2 Å². The second kappa shape index (κ2) is 5.05. The van der Waals surface area contributed by atoms with Gasteiger partial charge in [-0.2, -0.15) is 0 Å². The van der Waals surface area contributed by atoms with Crippen LogP contribution in [0.25, 0.3) is 11.1 Å². The highest BCUT2D eigenvalue weighted by atomic mass is 35.5. The van der Waals surface area contributed by atoms with Crippen molar-refractivity contribution in [3.8, 4) is 16.9 Å². The molecule has 100 valence electrons. The second-order valence-electron chi connectivity index (χ2n) is 3.57. The zero-order chi connectivity index (χ0) is 14.0. The average molecular weight is 292 g/mol. The van der Waals surface area contributed by atoms with Crippen LogP contribution in [0.1, 0.15) is 0 Å². The molecule has 0 fully saturated rings. The van der Waals surface area contributed by atoms with Crippen molar-refractivity contribution in [2.24, 2.45) is 0 Å². The molecule has 7 heteroatoms. The zero-order valence-corrected chi connectivity index (χ0v) is 9.97. The van der Waals surface area contributed by atoms with Gasteiger partial charge in [-0.1, -0.05) is 23.7 Å². The van der Waals surface area contributed by atoms with E-state index in [1.54, 1.807) is 0 Å². The molecular weight excluding hydrogens is 286 g/mol. The minimum absolute atomic E-state index is 0.300. The van der Waals surface area contributed by atoms with Crippen molar-refractivity contribution in [2.45, 2.75) is 6.36 Å². The summed E-state index contributed by atoms with van der Waals surface area (Å²) >= 11 is 5.43. The summed E-state index contributed by atoms with van der Waals surface area (Å²) < 4.78 is 53.2. The Balaban J connectivity index is 2.35. The van der Waals surface area contributed by atoms with Crippen molar-refractivity contribution in [1.82, 2.24) is 4.98 Å². The fraction of sp³-hybridized carbons (Fsp3) is 0.0833. The third-order valence-corrected chi connectivity index (χ3v) is 2.48. The highest BCUT2D eigenvalue weighted by Crippen LogP contribution is 2.28. The predicted molar refractivity (Wildman–Crippen MR) is 61.3 cm³/mol. The number of pyridine rings is 1. The summed E-state index contributed by atoms with van der Waals surface area (Å²) in [4.78, 5) is 3.59. The minimum Gasteiger partial charge on any atom is -0.406 e. The Morgan fingerprint density at radius 2 is 1.84 bits per heavy atom. The van der Waals surface area contributed by atoms with Crippen LogP contribution < -0.4 is 4.74 Å². The Kier molecular flexibility index (Phi) is 3.61. The van der Waals surface area contributed by atoms with Crippen molar-refractivity contribution in [1.29, 1.82) is 0 Å². The highest BCUT2D eigenvalue weighted by Gasteiger charge is 2.31. The Morgan fingerprint density at radius 3 is 2.47 bits per heavy atom. The summed E-state index contributed by atoms with van der Waals surface area (Å²) in [7, 11) is 0. The Morgan fingerprint density at radius 1 is 1.11 bits per heavy atom. The van der Waals surface area contributed by atoms with Gasteiger partial charge in [0.2, 0.25) is 0 Å². The summed E-state index contributed by atoms with van der Waals surface area (Å²) in [5, 5.41) is -0.300. The van der Waals surface area contributed by atoms with E-state index in [-0.39, 0.29) is 10.9 Å². The number of aromatic nitrogens is 1. The molecule has 0 unspecified atom stereocenters. The lowest BCUT2D eigenvalue weighted by molar-refractivity contribution is -0.274. The smallest absolute Gasteiger partial charge is 0.406 e. The summed E-state index contributed by atoms with van der Waals surface area (Å²) in [5.74, 6) is -1.14. The molecule has 2 aromatic rings. The molecule has 0 aliphatic heterocycles. The molecule has 0 atom stereocenters. The second-order valence-corrected chi connectivity index (χ2v) is 3.93. The Hall–Kier alpha value is -1.82. The van der Waals surface area contributed by atoms with Crippen molar-refractivity contribution >= 4 is 11.6 Å². The van der Waals surface area contributed by atoms with E-state index in [0.29, 0.717) is 11.1 Å². The van der Waals surface area contributed by atoms with E-state index in [2.05, 4.69) is 9.72 Å². The third-order valence-electron chi connectivity index (χ3n) is 2.20. The topological polar surface area (TPSA) is 22.1 Å². The molecule has 0 bridgehead atoms. The van der Waals surface area contributed by atoms with Crippen molar-refractivity contribution < 1.29 is 22.3 Å². The number of nitrogens with zero attached hydrogens (tertiary/aromatic N) is 1. The third kappa shape index (κ3) is 3.57. The van der Waals surface area contributed by atoms with E-state index < -0.39 is 12.2 Å². The highest BCUT2D eigenvalue weighted by molar-refractivity contribution is 6.29. The molecule has 2 nitrogen and oxygen atoms in total. The van der Waals surface area contributed by atoms with E-state index in [0.717, 1.165) is 18.2 Å². The van der Waals surface area contributed by atoms with Crippen LogP contribution in [-0.2, 0) is 0 Å². The van der Waals surface area contributed by atoms with Gasteiger partial charge in [0.25, 0.3) is 0 Å². The number of rotatable bonds is 2. The van der Waals surface area contributed by atoms with Gasteiger partial charge in [-0.25, -0.2) is 9.37 Å². The zero-order valence-electron chi connectivity index (χ0n) is 9.21. The minimum atomic E-state index is -4.78. The fourth-order valence-corrected chi connectivity index (χ4v) is 1.56. The van der Waals surface area contributed by atoms with E-state index >= 15 is 0 Å². The molecule has 0 amide bonds. The molecule has 0 spiro atoms. The van der Waals surface area contributed by atoms with Crippen molar-refractivity contribution in [3.05, 3.63) is 47.5 Å². The molecule has 0 N–H and O–H groups in total. The molecule has 0 aliphatic rings. The maximum atomic E-state index is 13.2. The van der Waals surface area contributed by atoms with Crippen molar-refractivity contribution in [2.75, 3.05) is 0 Å². The molecule has 0 radical (unpaired) electrons. The van der Waals surface area contributed by atoms with Gasteiger partial charge in [0.15, 0.2) is 11.0 Å². The van der Waals surface area contributed by atoms with Crippen LogP contribution in [0.5, 0.6) is 5.75 Å². The number of hydrogen-bond donors (Lipinski definition) is 0. The number of benzene rings is 1. The number of alkyl halides is 3. The molecule has 0 saturated heterocycles. The monoisotopic (exact) mass is 291 g/mol. The Labute approximate surface area is 110 Å². The Bertz CT molecular complexity index is 601. The van der Waals surface area contributed by atoms with E-state index in [4.69, 9.17) is 11.6 Å². The van der Waals surface area contributed by atoms with Gasteiger partial charge in [0, 0.05) is 11.8 Å². The first-order valence-corrected chi connectivity index (χ1v) is 5.40. The quantitative estimate of drug-likeness (QED) is 0.603. The van der Waals surface area contributed by atoms with E-state index in [1.165, 1.54) is 18.3 Å². The van der Waals surface area contributed by atoms with E-state index in [1.807, 2.05) is 0 Å². The lowest BCUT2D eigenvalue weighted by atomic mass is 10.1. The number of ether oxygens (including phenoxy) is 1. The molecular formula is C12H6ClF4NO. The molecule has 2 rings (SSSR count). The van der Waals surface area contributed by atoms with Gasteiger partial charge >= 0.3 is 6.36 Å². The fourth-order valence-electron chi connectivity index (χ4n) is 1.45. The first kappa shape index (κ1) is 13.6. The standard InChI is InChI=1S/C12H6ClF4NO/c13-11-10(14)5-8(6-18-11)7-2-1-3-9(4-7)19-12(15,16)17/h1-6H. The maximum absolute atomic E-state index is 13.2. The van der Waals surface area contributed by atoms with Crippen LogP contribution >= 0.6 is 11.6 Å². The SMILES string of the molecule is Fc1cc(-c2cccc(OC(F)(F)F)c2)cnc1Cl. The van der Waals surface area contributed by atoms with Crippen molar-refractivity contribution in [3.63, 3.8) is 0 Å². The van der Waals surface area contributed by atoms with Crippen LogP contribution in [0.15, 0.2) is 36.5 Å². The summed E-state index contributed by atoms with van der Waals surface area (Å²) in [6.07, 6.45) is -3.51. The van der Waals surface area contributed by atoms with Gasteiger partial charge in [-0.3, -0.25) is 0 Å². The van der Waals surface area contributed by atoms with E-state index in [9.17, 15) is 17.6 Å². The first-order valence-electron chi connectivity index (χ1n) is 5.02. The van der Waals surface area contributed by atoms with Gasteiger partial charge in [0.05, 0.1) is 0 Å². The van der Waals surface area contributed by atoms with Gasteiger partial charge < -0.3 is 4.74 Å². The lowest BCUT2D eigenvalue weighted by Crippen LogP contribution is -2.17. The van der Waals surface area contributed by atoms with Gasteiger partial charge in [-0.05, 0) is 23.8 Å². The van der Waals surface area contributed by atoms with Crippen LogP contribution in [0.2, 0.25) is 5.15 Å². The predicted octanol–water partition coefficient (Wildman–Crippen LogP) is 4.44. The largest absolute Gasteiger partial charge is 0.573 e. The molecule has 1 aromatic heterocycles. The van der Waals surface area contributed by atoms with Crippen LogP contribution in [0, 0.1) is 5.82 Å². The first-order chi connectivity index (χ1) is 8.85. The van der Waals surface area contributed by atoms with Crippen LogP contribution in [0.3, 0.4) is 0 Å². The van der Waals surface area contributed by atoms with Crippen LogP contribution in [-0.4, -0.2) is 11.3 Å². The molecule has 0 saturated carbocycles. The average Bonchev–Trinajstić information content (AvgIpc) is 2.31. The molecule has 1 aromatic carbocycles. The summed E-state index contributed by atoms with van der Waals surface area (Å²) in [6, 6.07) is 6.24. The lowest BCUT2D eigenvalue weighted by Gasteiger charge is -2.10. The molecule has 1 heterocycles. The van der Waals surface area contributed by atoms with Crippen LogP contribution in [0.4, 0.5) is 17.6 Å². The number of hydrogen-bond acceptors (Lipinski definition) is 2. The molecule has 19 heavy (non-hydrogen) atoms.